The number of hydrogen-bond donors (Lipinski definition) is 0. The van der Waals surface area contributed by atoms with Crippen molar-refractivity contribution in [2.24, 2.45) is 0 Å². The maximum atomic E-state index is 10.6. The van der Waals surface area contributed by atoms with Crippen molar-refractivity contribution in [2.75, 3.05) is 0 Å². The van der Waals surface area contributed by atoms with Gasteiger partial charge in [-0.25, -0.2) is 0 Å². The van der Waals surface area contributed by atoms with Gasteiger partial charge in [-0.05, 0) is 24.1 Å². The predicted octanol–water partition coefficient (Wildman–Crippen LogP) is 1.86. The number of carboxylic acids is 1. The third kappa shape index (κ3) is 2.77. The highest BCUT2D eigenvalue weighted by atomic mass is 32.2. The first-order valence-electron chi connectivity index (χ1n) is 4.49. The van der Waals surface area contributed by atoms with Crippen molar-refractivity contribution < 1.29 is 9.90 Å². The number of aromatic carboxylic acids is 1. The van der Waals surface area contributed by atoms with Crippen molar-refractivity contribution in [3.63, 3.8) is 0 Å². The normalized spacial score (nSPS) is 10.6. The maximum absolute atomic E-state index is 10.6. The van der Waals surface area contributed by atoms with Crippen LogP contribution in [0.5, 0.6) is 0 Å². The summed E-state index contributed by atoms with van der Waals surface area (Å²) in [5, 5.41) is 11.1. The van der Waals surface area contributed by atoms with E-state index in [1.165, 1.54) is 0 Å². The molecule has 76 valence electrons. The van der Waals surface area contributed by atoms with Crippen LogP contribution in [0.4, 0.5) is 0 Å². The maximum Gasteiger partial charge on any atom is 0.0715 e. The molecule has 0 heterocycles. The average molecular weight is 209 g/mol. The molecule has 0 spiro atoms. The first-order valence-corrected chi connectivity index (χ1v) is 5.37. The Balaban J connectivity index is 3.02. The first kappa shape index (κ1) is 11.1. The van der Waals surface area contributed by atoms with Crippen LogP contribution < -0.4 is 5.11 Å². The summed E-state index contributed by atoms with van der Waals surface area (Å²) >= 11 is 1.67. The van der Waals surface area contributed by atoms with Crippen LogP contribution >= 0.6 is 11.8 Å². The van der Waals surface area contributed by atoms with Crippen LogP contribution in [0.15, 0.2) is 23.1 Å². The summed E-state index contributed by atoms with van der Waals surface area (Å²) in [4.78, 5) is 11.6. The molecule has 0 saturated heterocycles. The highest BCUT2D eigenvalue weighted by Gasteiger charge is 2.04. The minimum atomic E-state index is -1.12. The van der Waals surface area contributed by atoms with Crippen molar-refractivity contribution in [2.45, 2.75) is 30.9 Å². The largest absolute Gasteiger partial charge is 0.545 e. The smallest absolute Gasteiger partial charge is 0.0715 e. The van der Waals surface area contributed by atoms with Crippen LogP contribution in [0.25, 0.3) is 0 Å². The zero-order valence-corrected chi connectivity index (χ0v) is 9.35. The van der Waals surface area contributed by atoms with Gasteiger partial charge in [-0.15, -0.1) is 11.8 Å². The minimum Gasteiger partial charge on any atom is -0.545 e. The second-order valence-electron chi connectivity index (χ2n) is 3.43. The minimum absolute atomic E-state index is 0.249. The molecule has 14 heavy (non-hydrogen) atoms. The third-order valence-corrected chi connectivity index (χ3v) is 2.95. The summed E-state index contributed by atoms with van der Waals surface area (Å²) in [7, 11) is 0. The first-order chi connectivity index (χ1) is 6.50. The van der Waals surface area contributed by atoms with Gasteiger partial charge in [-0.3, -0.25) is 0 Å². The Morgan fingerprint density at radius 3 is 2.57 bits per heavy atom. The van der Waals surface area contributed by atoms with Crippen molar-refractivity contribution >= 4 is 17.7 Å². The van der Waals surface area contributed by atoms with Gasteiger partial charge < -0.3 is 9.90 Å². The molecule has 1 rings (SSSR count). The van der Waals surface area contributed by atoms with Crippen LogP contribution in [-0.2, 0) is 0 Å². The van der Waals surface area contributed by atoms with Gasteiger partial charge in [-0.2, -0.15) is 0 Å². The Hall–Kier alpha value is -0.960. The monoisotopic (exact) mass is 209 g/mol. The molecule has 0 bridgehead atoms. The molecular weight excluding hydrogens is 196 g/mol. The molecule has 0 atom stereocenters. The lowest BCUT2D eigenvalue weighted by Gasteiger charge is -2.10. The number of carbonyl (C=O) groups excluding carboxylic acids is 1. The van der Waals surface area contributed by atoms with E-state index in [4.69, 9.17) is 0 Å². The molecule has 0 radical (unpaired) electrons. The van der Waals surface area contributed by atoms with E-state index in [0.717, 1.165) is 10.5 Å². The molecule has 2 nitrogen and oxygen atoms in total. The zero-order chi connectivity index (χ0) is 10.7. The van der Waals surface area contributed by atoms with E-state index >= 15 is 0 Å². The summed E-state index contributed by atoms with van der Waals surface area (Å²) in [5.41, 5.74) is 1.35. The summed E-state index contributed by atoms with van der Waals surface area (Å²) in [6, 6.07) is 5.07. The molecule has 0 amide bonds. The molecule has 0 fully saturated rings. The average Bonchev–Trinajstić information content (AvgIpc) is 2.07. The molecule has 0 aliphatic rings. The van der Waals surface area contributed by atoms with E-state index in [0.29, 0.717) is 5.25 Å². The number of carboxylic acid groups (broad SMARTS) is 1. The summed E-state index contributed by atoms with van der Waals surface area (Å²) in [5.74, 6) is -1.12. The van der Waals surface area contributed by atoms with E-state index in [1.807, 2.05) is 13.0 Å². The number of thioether (sulfide) groups is 1. The molecule has 0 aliphatic heterocycles. The Kier molecular flexibility index (Phi) is 3.58. The van der Waals surface area contributed by atoms with Crippen molar-refractivity contribution in [1.82, 2.24) is 0 Å². The van der Waals surface area contributed by atoms with Gasteiger partial charge >= 0.3 is 0 Å². The highest BCUT2D eigenvalue weighted by molar-refractivity contribution is 8.00. The van der Waals surface area contributed by atoms with Crippen LogP contribution in [-0.4, -0.2) is 11.2 Å². The number of carbonyl (C=O) groups is 1. The van der Waals surface area contributed by atoms with Crippen LogP contribution in [0.1, 0.15) is 29.8 Å². The summed E-state index contributed by atoms with van der Waals surface area (Å²) in [6.45, 7) is 6.13. The van der Waals surface area contributed by atoms with E-state index in [1.54, 1.807) is 23.9 Å². The molecule has 0 aromatic heterocycles. The number of hydrogen-bond acceptors (Lipinski definition) is 3. The van der Waals surface area contributed by atoms with Gasteiger partial charge in [0.1, 0.15) is 0 Å². The number of benzene rings is 1. The van der Waals surface area contributed by atoms with Crippen LogP contribution in [0, 0.1) is 6.92 Å². The van der Waals surface area contributed by atoms with E-state index in [9.17, 15) is 9.90 Å². The lowest BCUT2D eigenvalue weighted by atomic mass is 10.1. The summed E-state index contributed by atoms with van der Waals surface area (Å²) < 4.78 is 0. The Labute approximate surface area is 88.3 Å². The molecular formula is C11H13O2S-. The van der Waals surface area contributed by atoms with Crippen LogP contribution in [0.3, 0.4) is 0 Å². The fourth-order valence-electron chi connectivity index (χ4n) is 1.11. The fourth-order valence-corrected chi connectivity index (χ4v) is 2.06. The second kappa shape index (κ2) is 4.51. The topological polar surface area (TPSA) is 40.1 Å². The molecule has 1 aromatic carbocycles. The van der Waals surface area contributed by atoms with Gasteiger partial charge in [0.05, 0.1) is 5.97 Å². The quantitative estimate of drug-likeness (QED) is 0.713. The van der Waals surface area contributed by atoms with Gasteiger partial charge in [0.2, 0.25) is 0 Å². The lowest BCUT2D eigenvalue weighted by molar-refractivity contribution is -0.255. The lowest BCUT2D eigenvalue weighted by Crippen LogP contribution is -2.22. The molecule has 0 aliphatic carbocycles. The zero-order valence-electron chi connectivity index (χ0n) is 8.53. The third-order valence-electron chi connectivity index (χ3n) is 1.79. The molecule has 3 heteroatoms. The highest BCUT2D eigenvalue weighted by Crippen LogP contribution is 2.27. The standard InChI is InChI=1S/C11H14O2S/c1-7(2)14-10-6-9(11(12)13)5-4-8(10)3/h4-7H,1-3H3,(H,12,13)/p-1. The number of aryl methyl sites for hydroxylation is 1. The Morgan fingerprint density at radius 2 is 2.07 bits per heavy atom. The van der Waals surface area contributed by atoms with E-state index < -0.39 is 5.97 Å². The predicted molar refractivity (Wildman–Crippen MR) is 56.5 cm³/mol. The Bertz CT molecular complexity index is 345. The van der Waals surface area contributed by atoms with Crippen molar-refractivity contribution in [3.8, 4) is 0 Å². The fraction of sp³-hybridized carbons (Fsp3) is 0.364. The van der Waals surface area contributed by atoms with Crippen molar-refractivity contribution in [1.29, 1.82) is 0 Å². The molecule has 0 unspecified atom stereocenters. The van der Waals surface area contributed by atoms with Gasteiger partial charge in [-0.1, -0.05) is 26.0 Å². The van der Waals surface area contributed by atoms with Gasteiger partial charge in [0.15, 0.2) is 0 Å². The van der Waals surface area contributed by atoms with Crippen molar-refractivity contribution in [3.05, 3.63) is 29.3 Å². The SMILES string of the molecule is Cc1ccc(C(=O)[O-])cc1SC(C)C. The molecule has 0 N–H and O–H groups in total. The Morgan fingerprint density at radius 1 is 1.43 bits per heavy atom. The van der Waals surface area contributed by atoms with Crippen LogP contribution in [0.2, 0.25) is 0 Å². The molecule has 1 aromatic rings. The van der Waals surface area contributed by atoms with E-state index in [2.05, 4.69) is 13.8 Å². The van der Waals surface area contributed by atoms with Gasteiger partial charge in [0.25, 0.3) is 0 Å². The molecule has 0 saturated carbocycles. The second-order valence-corrected chi connectivity index (χ2v) is 5.05. The van der Waals surface area contributed by atoms with Gasteiger partial charge in [0, 0.05) is 10.1 Å². The van der Waals surface area contributed by atoms with E-state index in [-0.39, 0.29) is 5.56 Å². The number of rotatable bonds is 3. The summed E-state index contributed by atoms with van der Waals surface area (Å²) in [6.07, 6.45) is 0.